The lowest BCUT2D eigenvalue weighted by molar-refractivity contribution is -0.109. The van der Waals surface area contributed by atoms with Crippen LogP contribution in [0, 0.1) is 0 Å². The predicted octanol–water partition coefficient (Wildman–Crippen LogP) is 6.34. The van der Waals surface area contributed by atoms with Crippen LogP contribution in [0.3, 0.4) is 0 Å². The molecule has 1 aliphatic heterocycles. The zero-order valence-electron chi connectivity index (χ0n) is 16.2. The Labute approximate surface area is 158 Å². The zero-order valence-corrected chi connectivity index (χ0v) is 16.2. The second-order valence-corrected chi connectivity index (χ2v) is 7.38. The van der Waals surface area contributed by atoms with Crippen LogP contribution >= 0.6 is 0 Å². The lowest BCUT2D eigenvalue weighted by Gasteiger charge is -2.38. The fraction of sp³-hybridized carbons (Fsp3) is 0.458. The number of fused-ring (bicyclic) bond motifs is 3. The van der Waals surface area contributed by atoms with Gasteiger partial charge in [-0.25, -0.2) is 0 Å². The first-order chi connectivity index (χ1) is 12.8. The molecular weight excluding hydrogens is 318 g/mol. The van der Waals surface area contributed by atoms with Crippen LogP contribution in [0.5, 0.6) is 0 Å². The molecule has 0 amide bonds. The van der Waals surface area contributed by atoms with Crippen molar-refractivity contribution in [3.8, 4) is 11.1 Å². The van der Waals surface area contributed by atoms with Gasteiger partial charge < -0.3 is 9.69 Å². The number of nitrogens with zero attached hydrogens (tertiary/aromatic N) is 1. The Bertz CT molecular complexity index is 737. The first-order valence-corrected chi connectivity index (χ1v) is 10.2. The van der Waals surface area contributed by atoms with Crippen LogP contribution < -0.4 is 4.90 Å². The van der Waals surface area contributed by atoms with Gasteiger partial charge in [0.1, 0.15) is 12.3 Å². The molecule has 2 heteroatoms. The molecule has 0 bridgehead atoms. The van der Waals surface area contributed by atoms with Gasteiger partial charge in [-0.2, -0.15) is 0 Å². The fourth-order valence-corrected chi connectivity index (χ4v) is 4.01. The summed E-state index contributed by atoms with van der Waals surface area (Å²) in [6.07, 6.45) is 9.64. The van der Waals surface area contributed by atoms with E-state index >= 15 is 0 Å². The highest BCUT2D eigenvalue weighted by molar-refractivity contribution is 5.89. The quantitative estimate of drug-likeness (QED) is 0.389. The molecule has 0 spiro atoms. The Hall–Kier alpha value is -2.09. The Morgan fingerprint density at radius 2 is 1.73 bits per heavy atom. The van der Waals surface area contributed by atoms with Crippen LogP contribution in [0.2, 0.25) is 0 Å². The first-order valence-electron chi connectivity index (χ1n) is 10.2. The summed E-state index contributed by atoms with van der Waals surface area (Å²) in [6.45, 7) is 5.38. The Morgan fingerprint density at radius 1 is 0.923 bits per heavy atom. The molecule has 0 aromatic heterocycles. The second-order valence-electron chi connectivity index (χ2n) is 7.38. The molecule has 0 radical (unpaired) electrons. The number of benzene rings is 2. The van der Waals surface area contributed by atoms with E-state index in [1.165, 1.54) is 48.1 Å². The summed E-state index contributed by atoms with van der Waals surface area (Å²) >= 11 is 0. The highest BCUT2D eigenvalue weighted by Crippen LogP contribution is 2.44. The van der Waals surface area contributed by atoms with Crippen molar-refractivity contribution in [2.45, 2.75) is 64.8 Å². The maximum Gasteiger partial charge on any atom is 0.147 e. The van der Waals surface area contributed by atoms with E-state index in [0.717, 1.165) is 37.7 Å². The molecule has 0 aliphatic carbocycles. The topological polar surface area (TPSA) is 20.3 Å². The van der Waals surface area contributed by atoms with Crippen molar-refractivity contribution in [3.05, 3.63) is 53.6 Å². The Morgan fingerprint density at radius 3 is 2.50 bits per heavy atom. The van der Waals surface area contributed by atoms with Crippen molar-refractivity contribution >= 4 is 12.0 Å². The van der Waals surface area contributed by atoms with Gasteiger partial charge in [0.05, 0.1) is 0 Å². The molecule has 2 nitrogen and oxygen atoms in total. The van der Waals surface area contributed by atoms with Crippen molar-refractivity contribution in [1.29, 1.82) is 0 Å². The highest BCUT2D eigenvalue weighted by Gasteiger charge is 2.30. The lowest BCUT2D eigenvalue weighted by Crippen LogP contribution is -2.34. The standard InChI is InChI=1S/C24H31NO/c1-3-5-7-8-11-19-14-15-23-22(17-19)20-12-9-10-13-21(20)24(18-26)25(23)16-6-4-2/h9-10,12-15,17-18,24H,3-8,11,16H2,1-2H3. The minimum atomic E-state index is -0.166. The van der Waals surface area contributed by atoms with Gasteiger partial charge in [0, 0.05) is 17.8 Å². The van der Waals surface area contributed by atoms with Gasteiger partial charge in [-0.3, -0.25) is 0 Å². The molecule has 1 aliphatic rings. The van der Waals surface area contributed by atoms with Crippen molar-refractivity contribution in [2.75, 3.05) is 11.4 Å². The molecular formula is C24H31NO. The number of aryl methyl sites for hydroxylation is 1. The molecule has 0 saturated heterocycles. The molecule has 1 unspecified atom stereocenters. The summed E-state index contributed by atoms with van der Waals surface area (Å²) in [6, 6.07) is 15.1. The largest absolute Gasteiger partial charge is 0.357 e. The van der Waals surface area contributed by atoms with Crippen molar-refractivity contribution < 1.29 is 4.79 Å². The van der Waals surface area contributed by atoms with Crippen LogP contribution in [0.15, 0.2) is 42.5 Å². The van der Waals surface area contributed by atoms with Crippen LogP contribution in [0.1, 0.15) is 69.5 Å². The second kappa shape index (κ2) is 9.02. The van der Waals surface area contributed by atoms with E-state index in [0.29, 0.717) is 0 Å². The van der Waals surface area contributed by atoms with E-state index in [2.05, 4.69) is 55.1 Å². The van der Waals surface area contributed by atoms with E-state index in [1.807, 2.05) is 6.07 Å². The number of rotatable bonds is 9. The van der Waals surface area contributed by atoms with E-state index in [1.54, 1.807) is 0 Å². The number of carbonyl (C=O) groups excluding carboxylic acids is 1. The average molecular weight is 350 g/mol. The van der Waals surface area contributed by atoms with Gasteiger partial charge in [-0.1, -0.05) is 69.9 Å². The Balaban J connectivity index is 1.96. The van der Waals surface area contributed by atoms with Gasteiger partial charge in [0.15, 0.2) is 0 Å². The van der Waals surface area contributed by atoms with E-state index in [-0.39, 0.29) is 6.04 Å². The minimum Gasteiger partial charge on any atom is -0.357 e. The molecule has 2 aromatic carbocycles. The van der Waals surface area contributed by atoms with Crippen LogP contribution in [0.25, 0.3) is 11.1 Å². The predicted molar refractivity (Wildman–Crippen MR) is 111 cm³/mol. The van der Waals surface area contributed by atoms with Crippen LogP contribution in [-0.2, 0) is 11.2 Å². The molecule has 0 fully saturated rings. The maximum atomic E-state index is 11.9. The maximum absolute atomic E-state index is 11.9. The fourth-order valence-electron chi connectivity index (χ4n) is 4.01. The summed E-state index contributed by atoms with van der Waals surface area (Å²) in [5.41, 5.74) is 6.29. The summed E-state index contributed by atoms with van der Waals surface area (Å²) in [7, 11) is 0. The summed E-state index contributed by atoms with van der Waals surface area (Å²) in [5, 5.41) is 0. The van der Waals surface area contributed by atoms with Crippen LogP contribution in [-0.4, -0.2) is 12.8 Å². The average Bonchev–Trinajstić information content (AvgIpc) is 2.69. The minimum absolute atomic E-state index is 0.166. The number of hydrogen-bond acceptors (Lipinski definition) is 2. The van der Waals surface area contributed by atoms with E-state index < -0.39 is 0 Å². The number of anilines is 1. The molecule has 1 heterocycles. The molecule has 26 heavy (non-hydrogen) atoms. The highest BCUT2D eigenvalue weighted by atomic mass is 16.1. The normalized spacial score (nSPS) is 15.5. The lowest BCUT2D eigenvalue weighted by atomic mass is 9.87. The molecule has 3 rings (SSSR count). The van der Waals surface area contributed by atoms with E-state index in [4.69, 9.17) is 0 Å². The molecule has 138 valence electrons. The van der Waals surface area contributed by atoms with Crippen LogP contribution in [0.4, 0.5) is 5.69 Å². The van der Waals surface area contributed by atoms with Gasteiger partial charge >= 0.3 is 0 Å². The first kappa shape index (κ1) is 18.7. The summed E-state index contributed by atoms with van der Waals surface area (Å²) in [4.78, 5) is 14.2. The Kier molecular flexibility index (Phi) is 6.49. The zero-order chi connectivity index (χ0) is 18.4. The molecule has 0 saturated carbocycles. The number of unbranched alkanes of at least 4 members (excludes halogenated alkanes) is 4. The van der Waals surface area contributed by atoms with Gasteiger partial charge in [0.25, 0.3) is 0 Å². The molecule has 2 aromatic rings. The van der Waals surface area contributed by atoms with Crippen molar-refractivity contribution in [1.82, 2.24) is 0 Å². The van der Waals surface area contributed by atoms with E-state index in [9.17, 15) is 4.79 Å². The molecule has 0 N–H and O–H groups in total. The van der Waals surface area contributed by atoms with Crippen molar-refractivity contribution in [2.24, 2.45) is 0 Å². The summed E-state index contributed by atoms with van der Waals surface area (Å²) < 4.78 is 0. The van der Waals surface area contributed by atoms with Gasteiger partial charge in [-0.15, -0.1) is 0 Å². The molecule has 1 atom stereocenters. The van der Waals surface area contributed by atoms with Gasteiger partial charge in [-0.05, 0) is 48.1 Å². The van der Waals surface area contributed by atoms with Crippen molar-refractivity contribution in [3.63, 3.8) is 0 Å². The summed E-state index contributed by atoms with van der Waals surface area (Å²) in [5.74, 6) is 0. The number of carbonyl (C=O) groups is 1. The van der Waals surface area contributed by atoms with Gasteiger partial charge in [0.2, 0.25) is 0 Å². The third-order valence-electron chi connectivity index (χ3n) is 5.48. The third kappa shape index (κ3) is 3.85. The smallest absolute Gasteiger partial charge is 0.147 e. The monoisotopic (exact) mass is 349 g/mol. The third-order valence-corrected chi connectivity index (χ3v) is 5.48. The number of aldehydes is 1. The number of hydrogen-bond donors (Lipinski definition) is 0. The SMILES string of the molecule is CCCCCCc1ccc2c(c1)-c1ccccc1C(C=O)N2CCCC.